The quantitative estimate of drug-likeness (QED) is 0.853. The van der Waals surface area contributed by atoms with Gasteiger partial charge in [-0.05, 0) is 12.0 Å². The number of amides is 2. The average Bonchev–Trinajstić information content (AvgIpc) is 3.02. The number of rotatable bonds is 5. The Morgan fingerprint density at radius 2 is 2.10 bits per heavy atom. The largest absolute Gasteiger partial charge is 0.394 e. The summed E-state index contributed by atoms with van der Waals surface area (Å²) in [6.07, 6.45) is 1.15. The van der Waals surface area contributed by atoms with Crippen molar-refractivity contribution >= 4 is 11.8 Å². The molecule has 2 atom stereocenters. The first kappa shape index (κ1) is 15.5. The van der Waals surface area contributed by atoms with Crippen LogP contribution in [-0.4, -0.2) is 41.5 Å². The van der Waals surface area contributed by atoms with Crippen LogP contribution >= 0.6 is 0 Å². The van der Waals surface area contributed by atoms with Gasteiger partial charge >= 0.3 is 0 Å². The van der Waals surface area contributed by atoms with E-state index >= 15 is 0 Å². The zero-order valence-corrected chi connectivity index (χ0v) is 12.3. The maximum absolute atomic E-state index is 12.3. The number of aliphatic hydroxyl groups is 1. The highest BCUT2D eigenvalue weighted by Gasteiger charge is 2.31. The molecule has 0 radical (unpaired) electrons. The van der Waals surface area contributed by atoms with Crippen LogP contribution in [0.15, 0.2) is 30.3 Å². The molecule has 2 amide bonds. The molecule has 0 aliphatic carbocycles. The summed E-state index contributed by atoms with van der Waals surface area (Å²) >= 11 is 0. The van der Waals surface area contributed by atoms with E-state index in [2.05, 4.69) is 5.32 Å². The highest BCUT2D eigenvalue weighted by molar-refractivity contribution is 5.82. The van der Waals surface area contributed by atoms with Gasteiger partial charge < -0.3 is 15.3 Å². The molecule has 0 bridgehead atoms. The first-order valence-corrected chi connectivity index (χ1v) is 7.39. The fourth-order valence-electron chi connectivity index (χ4n) is 2.63. The first-order valence-electron chi connectivity index (χ1n) is 7.39. The van der Waals surface area contributed by atoms with Gasteiger partial charge in [0.2, 0.25) is 11.8 Å². The molecule has 114 valence electrons. The summed E-state index contributed by atoms with van der Waals surface area (Å²) in [5.41, 5.74) is 0.882. The lowest BCUT2D eigenvalue weighted by Crippen LogP contribution is -2.37. The molecule has 2 rings (SSSR count). The van der Waals surface area contributed by atoms with Crippen molar-refractivity contribution in [1.82, 2.24) is 10.2 Å². The van der Waals surface area contributed by atoms with Crippen LogP contribution in [0.2, 0.25) is 0 Å². The fraction of sp³-hybridized carbons (Fsp3) is 0.500. The molecule has 1 saturated heterocycles. The Kier molecular flexibility index (Phi) is 5.33. The highest BCUT2D eigenvalue weighted by Crippen LogP contribution is 2.19. The first-order chi connectivity index (χ1) is 10.2. The molecule has 0 aromatic heterocycles. The van der Waals surface area contributed by atoms with Crippen LogP contribution < -0.4 is 5.32 Å². The second kappa shape index (κ2) is 7.22. The van der Waals surface area contributed by atoms with E-state index in [0.717, 1.165) is 5.56 Å². The number of nitrogens with zero attached hydrogens (tertiary/aromatic N) is 1. The van der Waals surface area contributed by atoms with Gasteiger partial charge in [0.25, 0.3) is 0 Å². The third-order valence-electron chi connectivity index (χ3n) is 3.92. The molecular formula is C16H22N2O3. The van der Waals surface area contributed by atoms with Gasteiger partial charge in [-0.2, -0.15) is 0 Å². The standard InChI is InChI=1S/C16H22N2O3/c1-2-15(20)18-9-8-13(10-18)16(21)17-14(11-19)12-6-4-3-5-7-12/h3-7,13-14,19H,2,8-11H2,1H3,(H,17,21)/t13?,14-/m1/s1. The molecule has 1 aliphatic rings. The van der Waals surface area contributed by atoms with Gasteiger partial charge in [-0.1, -0.05) is 37.3 Å². The van der Waals surface area contributed by atoms with Gasteiger partial charge in [0, 0.05) is 19.5 Å². The maximum Gasteiger partial charge on any atom is 0.225 e. The van der Waals surface area contributed by atoms with Crippen LogP contribution in [0.4, 0.5) is 0 Å². The topological polar surface area (TPSA) is 69.6 Å². The number of likely N-dealkylation sites (tertiary alicyclic amines) is 1. The summed E-state index contributed by atoms with van der Waals surface area (Å²) in [6, 6.07) is 9.01. The van der Waals surface area contributed by atoms with Crippen molar-refractivity contribution in [3.8, 4) is 0 Å². The molecule has 1 heterocycles. The average molecular weight is 290 g/mol. The minimum absolute atomic E-state index is 0.0899. The lowest BCUT2D eigenvalue weighted by atomic mass is 10.0. The Hall–Kier alpha value is -1.88. The fourth-order valence-corrected chi connectivity index (χ4v) is 2.63. The van der Waals surface area contributed by atoms with Crippen molar-refractivity contribution in [2.45, 2.75) is 25.8 Å². The minimum atomic E-state index is -0.394. The number of hydrogen-bond acceptors (Lipinski definition) is 3. The minimum Gasteiger partial charge on any atom is -0.394 e. The molecule has 5 nitrogen and oxygen atoms in total. The summed E-state index contributed by atoms with van der Waals surface area (Å²) < 4.78 is 0. The van der Waals surface area contributed by atoms with Gasteiger partial charge in [-0.15, -0.1) is 0 Å². The zero-order valence-electron chi connectivity index (χ0n) is 12.3. The lowest BCUT2D eigenvalue weighted by molar-refractivity contribution is -0.130. The van der Waals surface area contributed by atoms with E-state index < -0.39 is 6.04 Å². The number of carbonyl (C=O) groups excluding carboxylic acids is 2. The molecule has 1 fully saturated rings. The second-order valence-corrected chi connectivity index (χ2v) is 5.33. The molecule has 2 N–H and O–H groups in total. The maximum atomic E-state index is 12.3. The number of benzene rings is 1. The Balaban J connectivity index is 1.93. The number of aliphatic hydroxyl groups excluding tert-OH is 1. The third kappa shape index (κ3) is 3.82. The van der Waals surface area contributed by atoms with Crippen LogP contribution in [0.1, 0.15) is 31.4 Å². The van der Waals surface area contributed by atoms with Crippen molar-refractivity contribution < 1.29 is 14.7 Å². The molecule has 5 heteroatoms. The van der Waals surface area contributed by atoms with Gasteiger partial charge in [0.1, 0.15) is 0 Å². The summed E-state index contributed by atoms with van der Waals surface area (Å²) in [5.74, 6) is -0.186. The molecule has 0 spiro atoms. The van der Waals surface area contributed by atoms with Crippen LogP contribution in [-0.2, 0) is 9.59 Å². The number of carbonyl (C=O) groups is 2. The van der Waals surface area contributed by atoms with E-state index in [1.54, 1.807) is 4.90 Å². The lowest BCUT2D eigenvalue weighted by Gasteiger charge is -2.20. The molecular weight excluding hydrogens is 268 g/mol. The molecule has 1 aliphatic heterocycles. The molecule has 1 aromatic rings. The molecule has 1 aromatic carbocycles. The van der Waals surface area contributed by atoms with Gasteiger partial charge in [0.15, 0.2) is 0 Å². The van der Waals surface area contributed by atoms with E-state index in [1.807, 2.05) is 37.3 Å². The second-order valence-electron chi connectivity index (χ2n) is 5.33. The zero-order chi connectivity index (χ0) is 15.2. The highest BCUT2D eigenvalue weighted by atomic mass is 16.3. The third-order valence-corrected chi connectivity index (χ3v) is 3.92. The van der Waals surface area contributed by atoms with E-state index in [-0.39, 0.29) is 24.3 Å². The summed E-state index contributed by atoms with van der Waals surface area (Å²) in [7, 11) is 0. The Morgan fingerprint density at radius 3 is 2.71 bits per heavy atom. The van der Waals surface area contributed by atoms with Crippen molar-refractivity contribution in [2.24, 2.45) is 5.92 Å². The summed E-state index contributed by atoms with van der Waals surface area (Å²) in [6.45, 7) is 2.80. The SMILES string of the molecule is CCC(=O)N1CCC(C(=O)N[C@H](CO)c2ccccc2)C1. The van der Waals surface area contributed by atoms with Gasteiger partial charge in [-0.3, -0.25) is 9.59 Å². The van der Waals surface area contributed by atoms with Gasteiger partial charge in [-0.25, -0.2) is 0 Å². The van der Waals surface area contributed by atoms with E-state index in [1.165, 1.54) is 0 Å². The van der Waals surface area contributed by atoms with Crippen LogP contribution in [0.25, 0.3) is 0 Å². The van der Waals surface area contributed by atoms with Crippen molar-refractivity contribution in [3.05, 3.63) is 35.9 Å². The molecule has 0 saturated carbocycles. The summed E-state index contributed by atoms with van der Waals surface area (Å²) in [5, 5.41) is 12.3. The monoisotopic (exact) mass is 290 g/mol. The Bertz CT molecular complexity index is 490. The Morgan fingerprint density at radius 1 is 1.38 bits per heavy atom. The van der Waals surface area contributed by atoms with Crippen LogP contribution in [0, 0.1) is 5.92 Å². The normalized spacial score (nSPS) is 19.3. The predicted octanol–water partition coefficient (Wildman–Crippen LogP) is 1.09. The number of hydrogen-bond donors (Lipinski definition) is 2. The van der Waals surface area contributed by atoms with Crippen LogP contribution in [0.3, 0.4) is 0 Å². The smallest absolute Gasteiger partial charge is 0.225 e. The number of nitrogens with one attached hydrogen (secondary N) is 1. The van der Waals surface area contributed by atoms with E-state index in [9.17, 15) is 14.7 Å². The molecule has 21 heavy (non-hydrogen) atoms. The van der Waals surface area contributed by atoms with Crippen LogP contribution in [0.5, 0.6) is 0 Å². The van der Waals surface area contributed by atoms with Gasteiger partial charge in [0.05, 0.1) is 18.6 Å². The van der Waals surface area contributed by atoms with E-state index in [0.29, 0.717) is 25.9 Å². The van der Waals surface area contributed by atoms with E-state index in [4.69, 9.17) is 0 Å². The summed E-state index contributed by atoms with van der Waals surface area (Å²) in [4.78, 5) is 25.7. The predicted molar refractivity (Wildman–Crippen MR) is 79.4 cm³/mol. The molecule has 1 unspecified atom stereocenters. The van der Waals surface area contributed by atoms with Crippen molar-refractivity contribution in [2.75, 3.05) is 19.7 Å². The van der Waals surface area contributed by atoms with Crippen molar-refractivity contribution in [3.63, 3.8) is 0 Å². The Labute approximate surface area is 125 Å². The van der Waals surface area contributed by atoms with Crippen molar-refractivity contribution in [1.29, 1.82) is 0 Å².